The van der Waals surface area contributed by atoms with E-state index >= 15 is 0 Å². The average molecular weight is 602 g/mol. The molecule has 1 heteroatoms. The third-order valence-electron chi connectivity index (χ3n) is 10.5. The van der Waals surface area contributed by atoms with Crippen LogP contribution < -0.4 is 5.32 Å². The summed E-state index contributed by atoms with van der Waals surface area (Å²) in [5, 5.41) is 3.74. The summed E-state index contributed by atoms with van der Waals surface area (Å²) in [4.78, 5) is 0. The summed E-state index contributed by atoms with van der Waals surface area (Å²) in [5.74, 6) is 0. The number of rotatable bonds is 5. The van der Waals surface area contributed by atoms with Crippen molar-refractivity contribution < 1.29 is 0 Å². The van der Waals surface area contributed by atoms with Gasteiger partial charge in [0.2, 0.25) is 0 Å². The zero-order valence-electron chi connectivity index (χ0n) is 26.7. The van der Waals surface area contributed by atoms with Gasteiger partial charge in [0, 0.05) is 16.8 Å². The van der Waals surface area contributed by atoms with Gasteiger partial charge in [-0.25, -0.2) is 0 Å². The molecule has 7 aromatic rings. The molecule has 0 unspecified atom stereocenters. The van der Waals surface area contributed by atoms with E-state index in [-0.39, 0.29) is 10.8 Å². The Hall–Kier alpha value is -5.66. The molecular weight excluding hydrogens is 567 g/mol. The Labute approximate surface area is 277 Å². The molecule has 1 N–H and O–H groups in total. The van der Waals surface area contributed by atoms with E-state index in [1.54, 1.807) is 0 Å². The van der Waals surface area contributed by atoms with Crippen molar-refractivity contribution >= 4 is 11.4 Å². The molecule has 0 bridgehead atoms. The lowest BCUT2D eigenvalue weighted by Gasteiger charge is -2.34. The topological polar surface area (TPSA) is 12.0 Å². The maximum Gasteiger partial charge on any atom is 0.0713 e. The summed E-state index contributed by atoms with van der Waals surface area (Å²) >= 11 is 0. The summed E-state index contributed by atoms with van der Waals surface area (Å²) in [6.45, 7) is 4.69. The lowest BCUT2D eigenvalue weighted by molar-refractivity contribution is 0.660. The van der Waals surface area contributed by atoms with Crippen LogP contribution in [0.15, 0.2) is 170 Å². The van der Waals surface area contributed by atoms with Crippen molar-refractivity contribution in [1.29, 1.82) is 0 Å². The van der Waals surface area contributed by atoms with Crippen molar-refractivity contribution in [2.24, 2.45) is 0 Å². The fourth-order valence-electron chi connectivity index (χ4n) is 8.32. The van der Waals surface area contributed by atoms with E-state index < -0.39 is 0 Å². The van der Waals surface area contributed by atoms with Gasteiger partial charge in [0.05, 0.1) is 5.41 Å². The SMILES string of the molecule is CC1(C)c2ccc(-c3ccccc3)cc2-c2ccc(Nc3ccc(C4(c5ccccc5)c5ccccc5-c5ccccc54)cc3)cc21. The standard InChI is InChI=1S/C46H35N/c1-45(2)41-28-21-32(31-13-5-3-6-14-31)29-40(41)39-27-26-36(30-44(39)45)47-35-24-22-34(23-25-35)46(33-15-7-4-8-16-33)42-19-11-9-17-37(42)38-18-10-12-20-43(38)46/h3-30,47H,1-2H3. The molecule has 0 aromatic heterocycles. The third kappa shape index (κ3) is 4.09. The fraction of sp³-hybridized carbons (Fsp3) is 0.0870. The highest BCUT2D eigenvalue weighted by Gasteiger charge is 2.45. The lowest BCUT2D eigenvalue weighted by atomic mass is 9.68. The molecule has 2 aliphatic rings. The van der Waals surface area contributed by atoms with Gasteiger partial charge in [0.25, 0.3) is 0 Å². The van der Waals surface area contributed by atoms with Crippen LogP contribution >= 0.6 is 0 Å². The molecule has 7 aromatic carbocycles. The maximum atomic E-state index is 3.74. The molecule has 0 amide bonds. The van der Waals surface area contributed by atoms with Crippen LogP contribution in [0.5, 0.6) is 0 Å². The Morgan fingerprint density at radius 3 is 1.60 bits per heavy atom. The van der Waals surface area contributed by atoms with Crippen LogP contribution in [-0.4, -0.2) is 0 Å². The van der Waals surface area contributed by atoms with Crippen molar-refractivity contribution in [2.75, 3.05) is 5.32 Å². The van der Waals surface area contributed by atoms with Gasteiger partial charge in [-0.2, -0.15) is 0 Å². The van der Waals surface area contributed by atoms with Gasteiger partial charge in [0.15, 0.2) is 0 Å². The second-order valence-corrected chi connectivity index (χ2v) is 13.4. The van der Waals surface area contributed by atoms with Gasteiger partial charge in [-0.3, -0.25) is 0 Å². The third-order valence-corrected chi connectivity index (χ3v) is 10.5. The molecule has 9 rings (SSSR count). The quantitative estimate of drug-likeness (QED) is 0.207. The molecule has 47 heavy (non-hydrogen) atoms. The van der Waals surface area contributed by atoms with Gasteiger partial charge in [-0.1, -0.05) is 153 Å². The van der Waals surface area contributed by atoms with Crippen LogP contribution in [0.25, 0.3) is 33.4 Å². The highest BCUT2D eigenvalue weighted by Crippen LogP contribution is 2.56. The second-order valence-electron chi connectivity index (χ2n) is 13.4. The predicted octanol–water partition coefficient (Wildman–Crippen LogP) is 11.8. The van der Waals surface area contributed by atoms with Crippen LogP contribution in [-0.2, 0) is 10.8 Å². The zero-order valence-corrected chi connectivity index (χ0v) is 26.7. The molecular formula is C46H35N. The monoisotopic (exact) mass is 601 g/mol. The summed E-state index contributed by atoms with van der Waals surface area (Å²) in [5.41, 5.74) is 17.5. The molecule has 0 saturated heterocycles. The maximum absolute atomic E-state index is 3.74. The Bertz CT molecular complexity index is 2230. The second kappa shape index (κ2) is 10.4. The highest BCUT2D eigenvalue weighted by atomic mass is 14.9. The van der Waals surface area contributed by atoms with E-state index in [2.05, 4.69) is 189 Å². The molecule has 0 heterocycles. The van der Waals surface area contributed by atoms with Gasteiger partial charge in [0.1, 0.15) is 0 Å². The molecule has 224 valence electrons. The lowest BCUT2D eigenvalue weighted by Crippen LogP contribution is -2.28. The van der Waals surface area contributed by atoms with Crippen LogP contribution in [0.2, 0.25) is 0 Å². The highest BCUT2D eigenvalue weighted by molar-refractivity contribution is 5.88. The Morgan fingerprint density at radius 2 is 0.915 bits per heavy atom. The van der Waals surface area contributed by atoms with Crippen LogP contribution in [0, 0.1) is 0 Å². The number of nitrogens with one attached hydrogen (secondary N) is 1. The van der Waals surface area contributed by atoms with E-state index in [9.17, 15) is 0 Å². The van der Waals surface area contributed by atoms with Crippen LogP contribution in [0.4, 0.5) is 11.4 Å². The predicted molar refractivity (Wildman–Crippen MR) is 196 cm³/mol. The van der Waals surface area contributed by atoms with Gasteiger partial charge < -0.3 is 5.32 Å². The average Bonchev–Trinajstić information content (AvgIpc) is 3.55. The van der Waals surface area contributed by atoms with Crippen molar-refractivity contribution in [3.05, 3.63) is 203 Å². The minimum Gasteiger partial charge on any atom is -0.356 e. The van der Waals surface area contributed by atoms with Crippen molar-refractivity contribution in [3.63, 3.8) is 0 Å². The first kappa shape index (κ1) is 27.6. The number of benzene rings is 7. The van der Waals surface area contributed by atoms with E-state index in [0.29, 0.717) is 0 Å². The number of anilines is 2. The van der Waals surface area contributed by atoms with E-state index in [1.165, 1.54) is 66.8 Å². The number of hydrogen-bond donors (Lipinski definition) is 1. The first-order valence-corrected chi connectivity index (χ1v) is 16.5. The molecule has 0 aliphatic heterocycles. The first-order valence-electron chi connectivity index (χ1n) is 16.5. The fourth-order valence-corrected chi connectivity index (χ4v) is 8.32. The Kier molecular flexibility index (Phi) is 6.14. The van der Waals surface area contributed by atoms with Gasteiger partial charge in [-0.15, -0.1) is 0 Å². The van der Waals surface area contributed by atoms with Crippen LogP contribution in [0.1, 0.15) is 47.2 Å². The normalized spacial score (nSPS) is 14.5. The van der Waals surface area contributed by atoms with E-state index in [1.807, 2.05) is 0 Å². The van der Waals surface area contributed by atoms with Crippen molar-refractivity contribution in [1.82, 2.24) is 0 Å². The number of hydrogen-bond acceptors (Lipinski definition) is 1. The summed E-state index contributed by atoms with van der Waals surface area (Å²) in [6.07, 6.45) is 0. The van der Waals surface area contributed by atoms with Crippen LogP contribution in [0.3, 0.4) is 0 Å². The van der Waals surface area contributed by atoms with Gasteiger partial charge >= 0.3 is 0 Å². The largest absolute Gasteiger partial charge is 0.356 e. The minimum absolute atomic E-state index is 0.0766. The Balaban J connectivity index is 1.09. The Morgan fingerprint density at radius 1 is 0.362 bits per heavy atom. The smallest absolute Gasteiger partial charge is 0.0713 e. The van der Waals surface area contributed by atoms with E-state index in [4.69, 9.17) is 0 Å². The molecule has 2 aliphatic carbocycles. The molecule has 0 spiro atoms. The molecule has 0 atom stereocenters. The van der Waals surface area contributed by atoms with Gasteiger partial charge in [-0.05, 0) is 97.1 Å². The molecule has 0 fully saturated rings. The summed E-state index contributed by atoms with van der Waals surface area (Å²) < 4.78 is 0. The summed E-state index contributed by atoms with van der Waals surface area (Å²) in [6, 6.07) is 62.4. The summed E-state index contributed by atoms with van der Waals surface area (Å²) in [7, 11) is 0. The first-order chi connectivity index (χ1) is 23.0. The van der Waals surface area contributed by atoms with Crippen molar-refractivity contribution in [2.45, 2.75) is 24.7 Å². The number of fused-ring (bicyclic) bond motifs is 6. The minimum atomic E-state index is -0.380. The molecule has 0 radical (unpaired) electrons. The molecule has 1 nitrogen and oxygen atoms in total. The zero-order chi connectivity index (χ0) is 31.6. The van der Waals surface area contributed by atoms with E-state index in [0.717, 1.165) is 11.4 Å². The molecule has 0 saturated carbocycles. The van der Waals surface area contributed by atoms with Crippen molar-refractivity contribution in [3.8, 4) is 33.4 Å².